The Morgan fingerprint density at radius 3 is 1.51 bits per heavy atom. The maximum atomic E-state index is 12.5. The summed E-state index contributed by atoms with van der Waals surface area (Å²) in [7, 11) is 0. The molecule has 2 aromatic heterocycles. The molecule has 2 N–H and O–H groups in total. The molecule has 0 atom stereocenters. The second kappa shape index (κ2) is 15.3. The Hall–Kier alpha value is -0.970. The highest BCUT2D eigenvalue weighted by Crippen LogP contribution is 2.42. The molecule has 2 amide bonds. The highest BCUT2D eigenvalue weighted by atomic mass is 32.2. The second-order valence-electron chi connectivity index (χ2n) is 9.19. The van der Waals surface area contributed by atoms with E-state index in [1.807, 2.05) is 13.8 Å². The minimum absolute atomic E-state index is 0.110. The molecule has 0 saturated carbocycles. The van der Waals surface area contributed by atoms with Crippen LogP contribution in [0.4, 0.5) is 10.3 Å². The van der Waals surface area contributed by atoms with E-state index in [1.54, 1.807) is 11.8 Å². The molecule has 4 rings (SSSR count). The van der Waals surface area contributed by atoms with Gasteiger partial charge >= 0.3 is 0 Å². The minimum atomic E-state index is -0.110. The third kappa shape index (κ3) is 9.54. The Labute approximate surface area is 261 Å². The molecule has 4 heterocycles. The Bertz CT molecular complexity index is 1100. The van der Waals surface area contributed by atoms with Crippen molar-refractivity contribution in [2.45, 2.75) is 60.8 Å². The fourth-order valence-corrected chi connectivity index (χ4v) is 9.60. The molecule has 8 nitrogen and oxygen atoms in total. The van der Waals surface area contributed by atoms with Crippen LogP contribution in [0.5, 0.6) is 0 Å². The summed E-state index contributed by atoms with van der Waals surface area (Å²) >= 11 is 18.3. The Morgan fingerprint density at radius 1 is 0.744 bits per heavy atom. The van der Waals surface area contributed by atoms with E-state index in [4.69, 9.17) is 24.4 Å². The number of hydrogen-bond donors (Lipinski definition) is 2. The number of anilines is 2. The number of hydrogen-bond acceptors (Lipinski definition) is 11. The fourth-order valence-electron chi connectivity index (χ4n) is 4.05. The smallest absolute Gasteiger partial charge is 0.236 e. The number of nitrogens with one attached hydrogen (secondary N) is 2. The van der Waals surface area contributed by atoms with Crippen molar-refractivity contribution in [1.29, 1.82) is 0 Å². The Kier molecular flexibility index (Phi) is 12.2. The minimum Gasteiger partial charge on any atom is -0.358 e. The second-order valence-corrected chi connectivity index (χ2v) is 15.9. The summed E-state index contributed by atoms with van der Waals surface area (Å²) in [5, 5.41) is 6.96. The van der Waals surface area contributed by atoms with Gasteiger partial charge in [0.15, 0.2) is 10.3 Å². The summed E-state index contributed by atoms with van der Waals surface area (Å²) < 4.78 is 3.55. The van der Waals surface area contributed by atoms with Crippen molar-refractivity contribution in [3.63, 3.8) is 0 Å². The largest absolute Gasteiger partial charge is 0.358 e. The lowest BCUT2D eigenvalue weighted by Crippen LogP contribution is -2.33. The predicted octanol–water partition coefficient (Wildman–Crippen LogP) is 6.25. The lowest BCUT2D eigenvalue weighted by atomic mass is 10.1. The molecular formula is C24H32N6O2S7. The molecule has 0 unspecified atom stereocenters. The number of rotatable bonds is 8. The van der Waals surface area contributed by atoms with Gasteiger partial charge in [-0.3, -0.25) is 9.59 Å². The first-order chi connectivity index (χ1) is 18.8. The monoisotopic (exact) mass is 660 g/mol. The number of nitrogens with zero attached hydrogens (tertiary/aromatic N) is 4. The van der Waals surface area contributed by atoms with E-state index in [9.17, 15) is 9.59 Å². The zero-order valence-corrected chi connectivity index (χ0v) is 27.7. The third-order valence-electron chi connectivity index (χ3n) is 6.07. The first-order valence-corrected chi connectivity index (χ1v) is 18.1. The highest BCUT2D eigenvalue weighted by Gasteiger charge is 2.19. The summed E-state index contributed by atoms with van der Waals surface area (Å²) in [6.45, 7) is 7.77. The molecular weight excluding hydrogens is 629 g/mol. The number of aryl methyl sites for hydroxylation is 2. The number of thioether (sulfide) groups is 2. The summed E-state index contributed by atoms with van der Waals surface area (Å²) in [5.74, 6) is 0.325. The average molecular weight is 661 g/mol. The van der Waals surface area contributed by atoms with E-state index in [1.165, 1.54) is 59.0 Å². The number of carbonyl (C=O) groups excluding carboxylic acids is 2. The van der Waals surface area contributed by atoms with Crippen molar-refractivity contribution < 1.29 is 9.59 Å². The number of likely N-dealkylation sites (tertiary alicyclic amines) is 2. The molecule has 0 spiro atoms. The van der Waals surface area contributed by atoms with Crippen molar-refractivity contribution in [3.05, 3.63) is 11.4 Å². The van der Waals surface area contributed by atoms with Crippen LogP contribution in [-0.4, -0.2) is 77.9 Å². The molecule has 2 aliphatic heterocycles. The molecule has 2 aliphatic rings. The number of thiocarbonyl (C=S) groups is 2. The average Bonchev–Trinajstić information content (AvgIpc) is 3.46. The lowest BCUT2D eigenvalue weighted by Gasteiger charge is -2.28. The summed E-state index contributed by atoms with van der Waals surface area (Å²) in [4.78, 5) is 38.5. The molecule has 212 valence electrons. The van der Waals surface area contributed by atoms with Crippen LogP contribution < -0.4 is 10.6 Å². The van der Waals surface area contributed by atoms with Crippen LogP contribution in [0.15, 0.2) is 8.42 Å². The predicted molar refractivity (Wildman–Crippen MR) is 176 cm³/mol. The molecule has 0 aromatic carbocycles. The Morgan fingerprint density at radius 2 is 1.13 bits per heavy atom. The van der Waals surface area contributed by atoms with Crippen LogP contribution in [0.3, 0.4) is 0 Å². The van der Waals surface area contributed by atoms with Crippen molar-refractivity contribution >= 4 is 113 Å². The van der Waals surface area contributed by atoms with Gasteiger partial charge < -0.3 is 20.4 Å². The van der Waals surface area contributed by atoms with E-state index in [0.717, 1.165) is 80.3 Å². The summed E-state index contributed by atoms with van der Waals surface area (Å²) in [5.41, 5.74) is 1.69. The standard InChI is InChI=1S/C24H32N6O2S7/c1-15-19(38-21(25-15)27-17(31)13-35-23(33)29-9-5-3-6-10-29)37-20-16(2)26-22(39-20)28-18(32)14-36-24(34)30-11-7-4-8-12-30/h3-14H2,1-2H3,(H,25,27,31)(H,26,28,32). The molecule has 15 heteroatoms. The maximum Gasteiger partial charge on any atom is 0.236 e. The van der Waals surface area contributed by atoms with Gasteiger partial charge in [-0.2, -0.15) is 0 Å². The van der Waals surface area contributed by atoms with E-state index < -0.39 is 0 Å². The van der Waals surface area contributed by atoms with Crippen LogP contribution in [-0.2, 0) is 9.59 Å². The van der Waals surface area contributed by atoms with Gasteiger partial charge in [0.25, 0.3) is 0 Å². The van der Waals surface area contributed by atoms with E-state index in [-0.39, 0.29) is 23.3 Å². The zero-order valence-electron chi connectivity index (χ0n) is 21.9. The van der Waals surface area contributed by atoms with E-state index in [0.29, 0.717) is 10.3 Å². The molecule has 0 aliphatic carbocycles. The van der Waals surface area contributed by atoms with Gasteiger partial charge in [-0.05, 0) is 52.4 Å². The molecule has 2 aromatic rings. The van der Waals surface area contributed by atoms with E-state index in [2.05, 4.69) is 30.4 Å². The fraction of sp³-hybridized carbons (Fsp3) is 0.583. The number of aromatic nitrogens is 2. The first kappa shape index (κ1) is 31.0. The van der Waals surface area contributed by atoms with Gasteiger partial charge in [-0.25, -0.2) is 9.97 Å². The van der Waals surface area contributed by atoms with Gasteiger partial charge in [-0.15, -0.1) is 0 Å². The van der Waals surface area contributed by atoms with Gasteiger partial charge in [0.2, 0.25) is 11.8 Å². The third-order valence-corrected chi connectivity index (χ3v) is 12.8. The molecule has 39 heavy (non-hydrogen) atoms. The molecule has 2 fully saturated rings. The van der Waals surface area contributed by atoms with Crippen LogP contribution in [0.2, 0.25) is 0 Å². The van der Waals surface area contributed by atoms with Crippen LogP contribution in [0.1, 0.15) is 49.9 Å². The van der Waals surface area contributed by atoms with Crippen molar-refractivity contribution in [2.24, 2.45) is 0 Å². The van der Waals surface area contributed by atoms with Crippen LogP contribution >= 0.6 is 82.4 Å². The number of thiazole rings is 2. The summed E-state index contributed by atoms with van der Waals surface area (Å²) in [6, 6.07) is 0. The zero-order chi connectivity index (χ0) is 27.8. The van der Waals surface area contributed by atoms with Crippen molar-refractivity contribution in [1.82, 2.24) is 19.8 Å². The topological polar surface area (TPSA) is 90.5 Å². The van der Waals surface area contributed by atoms with Crippen LogP contribution in [0, 0.1) is 13.8 Å². The lowest BCUT2D eigenvalue weighted by molar-refractivity contribution is -0.114. The number of amides is 2. The SMILES string of the molecule is Cc1nc(NC(=O)CSC(=S)N2CCCCC2)sc1Sc1sc(NC(=O)CSC(=S)N2CCCCC2)nc1C. The van der Waals surface area contributed by atoms with Crippen molar-refractivity contribution in [3.8, 4) is 0 Å². The summed E-state index contributed by atoms with van der Waals surface area (Å²) in [6.07, 6.45) is 7.13. The molecule has 2 saturated heterocycles. The maximum absolute atomic E-state index is 12.5. The van der Waals surface area contributed by atoms with Gasteiger partial charge in [0.1, 0.15) is 8.64 Å². The molecule has 0 radical (unpaired) electrons. The van der Waals surface area contributed by atoms with Gasteiger partial charge in [0.05, 0.1) is 31.3 Å². The first-order valence-electron chi connectivity index (χ1n) is 12.8. The van der Waals surface area contributed by atoms with Crippen molar-refractivity contribution in [2.75, 3.05) is 48.3 Å². The Balaban J connectivity index is 1.24. The number of carbonyl (C=O) groups is 2. The normalized spacial score (nSPS) is 15.7. The molecule has 0 bridgehead atoms. The van der Waals surface area contributed by atoms with Gasteiger partial charge in [-0.1, -0.05) is 82.4 Å². The highest BCUT2D eigenvalue weighted by molar-refractivity contribution is 8.23. The number of piperidine rings is 2. The van der Waals surface area contributed by atoms with Gasteiger partial charge in [0, 0.05) is 26.2 Å². The van der Waals surface area contributed by atoms with Crippen LogP contribution in [0.25, 0.3) is 0 Å². The quantitative estimate of drug-likeness (QED) is 0.315. The van der Waals surface area contributed by atoms with E-state index >= 15 is 0 Å².